The second-order valence-corrected chi connectivity index (χ2v) is 8.00. The summed E-state index contributed by atoms with van der Waals surface area (Å²) in [6, 6.07) is -0.180. The van der Waals surface area contributed by atoms with Crippen molar-refractivity contribution < 1.29 is 4.79 Å². The number of aromatic nitrogens is 2. The molecule has 0 spiro atoms. The summed E-state index contributed by atoms with van der Waals surface area (Å²) >= 11 is 0. The third kappa shape index (κ3) is 9.56. The molecule has 1 rings (SSSR count). The van der Waals surface area contributed by atoms with Crippen LogP contribution in [0.25, 0.3) is 0 Å². The third-order valence-corrected chi connectivity index (χ3v) is 3.94. The van der Waals surface area contributed by atoms with Crippen molar-refractivity contribution in [2.45, 2.75) is 59.9 Å². The average molecular weight is 389 g/mol. The number of likely N-dealkylation sites (N-methyl/N-ethyl adjacent to an activating group) is 1. The zero-order chi connectivity index (χ0) is 21.0. The van der Waals surface area contributed by atoms with Gasteiger partial charge in [0.15, 0.2) is 0 Å². The molecule has 28 heavy (non-hydrogen) atoms. The first-order valence-corrected chi connectivity index (χ1v) is 10.1. The van der Waals surface area contributed by atoms with E-state index in [1.165, 1.54) is 0 Å². The highest BCUT2D eigenvalue weighted by atomic mass is 16.2. The predicted molar refractivity (Wildman–Crippen MR) is 116 cm³/mol. The predicted octanol–water partition coefficient (Wildman–Crippen LogP) is 2.61. The molecule has 1 heterocycles. The van der Waals surface area contributed by atoms with Gasteiger partial charge in [-0.15, -0.1) is 0 Å². The van der Waals surface area contributed by atoms with Crippen molar-refractivity contribution in [3.05, 3.63) is 11.8 Å². The molecule has 0 saturated carbocycles. The Kier molecular flexibility index (Phi) is 10.3. The van der Waals surface area contributed by atoms with Crippen molar-refractivity contribution in [1.29, 1.82) is 0 Å². The Morgan fingerprint density at radius 2 is 2.00 bits per heavy atom. The summed E-state index contributed by atoms with van der Waals surface area (Å²) in [5, 5.41) is 12.4. The Bertz CT molecular complexity index is 672. The molecule has 0 bridgehead atoms. The minimum atomic E-state index is -0.180. The van der Waals surface area contributed by atoms with Crippen molar-refractivity contribution in [3.8, 4) is 11.8 Å². The number of carbonyl (C=O) groups is 1. The third-order valence-electron chi connectivity index (χ3n) is 3.94. The number of carbonyl (C=O) groups excluding carboxylic acids is 1. The number of hydrogen-bond acceptors (Lipinski definition) is 6. The van der Waals surface area contributed by atoms with E-state index in [2.05, 4.69) is 70.8 Å². The molecule has 0 aromatic carbocycles. The van der Waals surface area contributed by atoms with Crippen molar-refractivity contribution >= 4 is 17.7 Å². The topological polar surface area (TPSA) is 91.0 Å². The second-order valence-electron chi connectivity index (χ2n) is 8.00. The van der Waals surface area contributed by atoms with Gasteiger partial charge in [0.25, 0.3) is 0 Å². The molecule has 1 amide bonds. The van der Waals surface area contributed by atoms with Gasteiger partial charge < -0.3 is 21.3 Å². The van der Waals surface area contributed by atoms with Crippen LogP contribution in [0.15, 0.2) is 6.20 Å². The molecule has 0 radical (unpaired) electrons. The summed E-state index contributed by atoms with van der Waals surface area (Å²) < 4.78 is 0. The van der Waals surface area contributed by atoms with Gasteiger partial charge in [0.2, 0.25) is 11.9 Å². The normalized spacial score (nSPS) is 11.9. The van der Waals surface area contributed by atoms with Gasteiger partial charge in [0.05, 0.1) is 17.8 Å². The van der Waals surface area contributed by atoms with Crippen LogP contribution >= 0.6 is 0 Å². The van der Waals surface area contributed by atoms with Gasteiger partial charge in [-0.05, 0) is 32.2 Å². The first-order valence-electron chi connectivity index (χ1n) is 10.1. The molecule has 156 valence electrons. The van der Waals surface area contributed by atoms with Gasteiger partial charge in [0.1, 0.15) is 5.82 Å². The van der Waals surface area contributed by atoms with Gasteiger partial charge in [-0.2, -0.15) is 4.98 Å². The number of unbranched alkanes of at least 4 members (excludes halogenated alkanes) is 1. The fourth-order valence-corrected chi connectivity index (χ4v) is 2.11. The summed E-state index contributed by atoms with van der Waals surface area (Å²) in [4.78, 5) is 20.6. The maximum Gasteiger partial charge on any atom is 0.236 e. The van der Waals surface area contributed by atoms with Crippen LogP contribution in [-0.2, 0) is 4.79 Å². The van der Waals surface area contributed by atoms with Gasteiger partial charge in [-0.3, -0.25) is 4.79 Å². The molecule has 0 aliphatic carbocycles. The van der Waals surface area contributed by atoms with Crippen LogP contribution in [0, 0.1) is 17.3 Å². The van der Waals surface area contributed by atoms with Crippen molar-refractivity contribution in [1.82, 2.24) is 20.6 Å². The Morgan fingerprint density at radius 3 is 2.64 bits per heavy atom. The zero-order valence-electron chi connectivity index (χ0n) is 18.2. The van der Waals surface area contributed by atoms with E-state index >= 15 is 0 Å². The number of hydrogen-bond donors (Lipinski definition) is 4. The largest absolute Gasteiger partial charge is 0.369 e. The molecule has 1 aromatic heterocycles. The zero-order valence-corrected chi connectivity index (χ0v) is 18.2. The summed E-state index contributed by atoms with van der Waals surface area (Å²) in [6.07, 6.45) is 4.27. The van der Waals surface area contributed by atoms with Crippen LogP contribution in [0.3, 0.4) is 0 Å². The number of rotatable bonds is 10. The van der Waals surface area contributed by atoms with Crippen molar-refractivity contribution in [3.63, 3.8) is 0 Å². The molecule has 0 saturated heterocycles. The second kappa shape index (κ2) is 12.2. The fraction of sp³-hybridized carbons (Fsp3) is 0.667. The molecule has 0 fully saturated rings. The molecule has 4 N–H and O–H groups in total. The van der Waals surface area contributed by atoms with Crippen molar-refractivity contribution in [2.75, 3.05) is 37.3 Å². The molecule has 7 heteroatoms. The maximum atomic E-state index is 11.7. The standard InChI is InChI=1S/C21H36N6O/c1-7-12-23-18-17(14-25-20(27-18)26-15-21(3,4)5)11-9-8-10-13-24-19(28)16(2)22-6/h14,16,22H,7-8,10,12-13,15H2,1-6H3,(H,24,28)(H2,23,25,26,27)/t16-/m0/s1. The molecule has 7 nitrogen and oxygen atoms in total. The van der Waals surface area contributed by atoms with Crippen LogP contribution in [0.2, 0.25) is 0 Å². The Morgan fingerprint density at radius 1 is 1.25 bits per heavy atom. The number of amides is 1. The highest BCUT2D eigenvalue weighted by molar-refractivity contribution is 5.81. The lowest BCUT2D eigenvalue weighted by atomic mass is 9.97. The molecule has 1 atom stereocenters. The monoisotopic (exact) mass is 388 g/mol. The summed E-state index contributed by atoms with van der Waals surface area (Å²) in [5.41, 5.74) is 0.946. The molecule has 0 unspecified atom stereocenters. The van der Waals surface area contributed by atoms with Gasteiger partial charge in [-0.25, -0.2) is 4.98 Å². The highest BCUT2D eigenvalue weighted by Gasteiger charge is 2.12. The fourth-order valence-electron chi connectivity index (χ4n) is 2.11. The lowest BCUT2D eigenvalue weighted by Crippen LogP contribution is -2.40. The first kappa shape index (κ1) is 23.7. The van der Waals surface area contributed by atoms with Crippen LogP contribution in [-0.4, -0.2) is 48.6 Å². The lowest BCUT2D eigenvalue weighted by Gasteiger charge is -2.19. The van der Waals surface area contributed by atoms with Gasteiger partial charge in [-0.1, -0.05) is 39.5 Å². The van der Waals surface area contributed by atoms with Gasteiger partial charge in [0, 0.05) is 26.1 Å². The van der Waals surface area contributed by atoms with E-state index in [1.54, 1.807) is 13.2 Å². The number of nitrogens with one attached hydrogen (secondary N) is 4. The van der Waals surface area contributed by atoms with Crippen LogP contribution < -0.4 is 21.3 Å². The molecular formula is C21H36N6O. The van der Waals surface area contributed by atoms with Gasteiger partial charge >= 0.3 is 0 Å². The summed E-state index contributed by atoms with van der Waals surface area (Å²) in [6.45, 7) is 12.7. The van der Waals surface area contributed by atoms with Crippen LogP contribution in [0.4, 0.5) is 11.8 Å². The minimum Gasteiger partial charge on any atom is -0.369 e. The van der Waals surface area contributed by atoms with Crippen LogP contribution in [0.1, 0.15) is 59.4 Å². The highest BCUT2D eigenvalue weighted by Crippen LogP contribution is 2.16. The summed E-state index contributed by atoms with van der Waals surface area (Å²) in [5.74, 6) is 7.69. The van der Waals surface area contributed by atoms with E-state index < -0.39 is 0 Å². The van der Waals surface area contributed by atoms with E-state index in [-0.39, 0.29) is 17.4 Å². The van der Waals surface area contributed by atoms with E-state index in [0.29, 0.717) is 18.9 Å². The van der Waals surface area contributed by atoms with E-state index in [9.17, 15) is 4.79 Å². The van der Waals surface area contributed by atoms with E-state index in [4.69, 9.17) is 0 Å². The Hall–Kier alpha value is -2.33. The van der Waals surface area contributed by atoms with Crippen molar-refractivity contribution in [2.24, 2.45) is 5.41 Å². The first-order chi connectivity index (χ1) is 13.3. The summed E-state index contributed by atoms with van der Waals surface area (Å²) in [7, 11) is 1.77. The smallest absolute Gasteiger partial charge is 0.236 e. The minimum absolute atomic E-state index is 0.00765. The number of anilines is 2. The Balaban J connectivity index is 2.63. The number of nitrogens with zero attached hydrogens (tertiary/aromatic N) is 2. The van der Waals surface area contributed by atoms with E-state index in [1.807, 2.05) is 6.92 Å². The average Bonchev–Trinajstić information content (AvgIpc) is 2.66. The molecular weight excluding hydrogens is 352 g/mol. The molecule has 0 aliphatic rings. The van der Waals surface area contributed by atoms with E-state index in [0.717, 1.165) is 37.3 Å². The SMILES string of the molecule is CCCNc1nc(NCC(C)(C)C)ncc1C#CCCCNC(=O)[C@H](C)NC. The quantitative estimate of drug-likeness (QED) is 0.364. The molecule has 1 aromatic rings. The Labute approximate surface area is 169 Å². The maximum absolute atomic E-state index is 11.7. The lowest BCUT2D eigenvalue weighted by molar-refractivity contribution is -0.122. The molecule has 0 aliphatic heterocycles. The van der Waals surface area contributed by atoms with Crippen LogP contribution in [0.5, 0.6) is 0 Å².